The van der Waals surface area contributed by atoms with Gasteiger partial charge in [0.25, 0.3) is 0 Å². The molecule has 0 saturated heterocycles. The second-order valence-corrected chi connectivity index (χ2v) is 6.06. The summed E-state index contributed by atoms with van der Waals surface area (Å²) in [5.41, 5.74) is 1.23. The van der Waals surface area contributed by atoms with Crippen LogP contribution in [0.4, 0.5) is 4.39 Å². The van der Waals surface area contributed by atoms with Crippen LogP contribution in [0.15, 0.2) is 18.2 Å². The summed E-state index contributed by atoms with van der Waals surface area (Å²) in [6.45, 7) is 2.25. The summed E-state index contributed by atoms with van der Waals surface area (Å²) in [7, 11) is 0. The molecule has 0 unspecified atom stereocenters. The molecule has 0 aliphatic heterocycles. The van der Waals surface area contributed by atoms with Gasteiger partial charge in [-0.15, -0.1) is 0 Å². The first kappa shape index (κ1) is 15.0. The molecule has 2 rings (SSSR count). The van der Waals surface area contributed by atoms with Crippen molar-refractivity contribution in [2.24, 2.45) is 5.92 Å². The number of unbranched alkanes of at least 4 members (excludes halogenated alkanes) is 2. The van der Waals surface area contributed by atoms with Crippen molar-refractivity contribution in [1.82, 2.24) is 0 Å². The topological polar surface area (TPSA) is 23.8 Å². The molecule has 0 amide bonds. The van der Waals surface area contributed by atoms with E-state index in [1.807, 2.05) is 12.1 Å². The second-order valence-electron chi connectivity index (χ2n) is 6.06. The standard InChI is InChI=1S/C18H24FN/c1-2-3-4-5-14-6-8-15(9-7-14)16-10-11-17(13-20)18(19)12-16/h10-12,14-15H,2-9H2,1H3/t14-,15-. The molecule has 0 atom stereocenters. The lowest BCUT2D eigenvalue weighted by Crippen LogP contribution is -2.13. The first-order valence-corrected chi connectivity index (χ1v) is 7.94. The zero-order valence-electron chi connectivity index (χ0n) is 12.4. The summed E-state index contributed by atoms with van der Waals surface area (Å²) in [4.78, 5) is 0. The van der Waals surface area contributed by atoms with E-state index in [1.54, 1.807) is 12.1 Å². The Hall–Kier alpha value is -1.36. The first-order chi connectivity index (χ1) is 9.74. The van der Waals surface area contributed by atoms with Gasteiger partial charge in [-0.1, -0.05) is 38.7 Å². The van der Waals surface area contributed by atoms with E-state index in [2.05, 4.69) is 6.92 Å². The summed E-state index contributed by atoms with van der Waals surface area (Å²) in [5, 5.41) is 8.77. The third-order valence-electron chi connectivity index (χ3n) is 4.65. The van der Waals surface area contributed by atoms with Gasteiger partial charge in [-0.25, -0.2) is 4.39 Å². The monoisotopic (exact) mass is 273 g/mol. The number of nitrogens with zero attached hydrogens (tertiary/aromatic N) is 1. The Morgan fingerprint density at radius 2 is 1.95 bits per heavy atom. The number of hydrogen-bond acceptors (Lipinski definition) is 1. The van der Waals surface area contributed by atoms with E-state index in [4.69, 9.17) is 5.26 Å². The molecule has 1 aliphatic rings. The maximum absolute atomic E-state index is 13.7. The molecule has 0 radical (unpaired) electrons. The number of nitriles is 1. The fourth-order valence-corrected chi connectivity index (χ4v) is 3.34. The SMILES string of the molecule is CCCCC[C@H]1CC[C@H](c2ccc(C#N)c(F)c2)CC1. The van der Waals surface area contributed by atoms with Gasteiger partial charge in [-0.3, -0.25) is 0 Å². The fourth-order valence-electron chi connectivity index (χ4n) is 3.34. The van der Waals surface area contributed by atoms with Crippen molar-refractivity contribution in [3.63, 3.8) is 0 Å². The van der Waals surface area contributed by atoms with Crippen molar-refractivity contribution in [3.8, 4) is 6.07 Å². The molecule has 0 N–H and O–H groups in total. The number of rotatable bonds is 5. The van der Waals surface area contributed by atoms with Gasteiger partial charge in [0, 0.05) is 0 Å². The quantitative estimate of drug-likeness (QED) is 0.645. The van der Waals surface area contributed by atoms with Crippen molar-refractivity contribution in [2.45, 2.75) is 64.2 Å². The van der Waals surface area contributed by atoms with E-state index in [-0.39, 0.29) is 11.4 Å². The maximum Gasteiger partial charge on any atom is 0.141 e. The lowest BCUT2D eigenvalue weighted by Gasteiger charge is -2.29. The van der Waals surface area contributed by atoms with Gasteiger partial charge in [0.05, 0.1) is 5.56 Å². The normalized spacial score (nSPS) is 22.4. The molecule has 0 heterocycles. The summed E-state index contributed by atoms with van der Waals surface area (Å²) in [6, 6.07) is 7.01. The highest BCUT2D eigenvalue weighted by molar-refractivity contribution is 5.34. The highest BCUT2D eigenvalue weighted by Gasteiger charge is 2.22. The van der Waals surface area contributed by atoms with E-state index < -0.39 is 0 Å². The average Bonchev–Trinajstić information content (AvgIpc) is 2.48. The summed E-state index contributed by atoms with van der Waals surface area (Å²) < 4.78 is 13.7. The van der Waals surface area contributed by atoms with E-state index in [0.717, 1.165) is 11.5 Å². The lowest BCUT2D eigenvalue weighted by atomic mass is 9.77. The molecule has 2 heteroatoms. The molecule has 1 saturated carbocycles. The molecule has 0 spiro atoms. The van der Waals surface area contributed by atoms with Crippen LogP contribution in [0.5, 0.6) is 0 Å². The minimum Gasteiger partial charge on any atom is -0.206 e. The average molecular weight is 273 g/mol. The van der Waals surface area contributed by atoms with Crippen molar-refractivity contribution in [3.05, 3.63) is 35.1 Å². The van der Waals surface area contributed by atoms with Gasteiger partial charge >= 0.3 is 0 Å². The van der Waals surface area contributed by atoms with Gasteiger partial charge in [0.2, 0.25) is 0 Å². The minimum absolute atomic E-state index is 0.155. The molecule has 0 bridgehead atoms. The smallest absolute Gasteiger partial charge is 0.141 e. The third-order valence-corrected chi connectivity index (χ3v) is 4.65. The Bertz CT molecular complexity index is 467. The molecule has 1 nitrogen and oxygen atoms in total. The third kappa shape index (κ3) is 3.82. The predicted molar refractivity (Wildman–Crippen MR) is 80.0 cm³/mol. The molecule has 1 fully saturated rings. The molecular weight excluding hydrogens is 249 g/mol. The van der Waals surface area contributed by atoms with E-state index in [9.17, 15) is 4.39 Å². The van der Waals surface area contributed by atoms with Crippen LogP contribution in [0.1, 0.15) is 75.3 Å². The second kappa shape index (κ2) is 7.43. The summed E-state index contributed by atoms with van der Waals surface area (Å²) in [5.74, 6) is 0.996. The Labute approximate surface area is 121 Å². The van der Waals surface area contributed by atoms with Gasteiger partial charge in [0.15, 0.2) is 0 Å². The van der Waals surface area contributed by atoms with Crippen LogP contribution in [0.25, 0.3) is 0 Å². The van der Waals surface area contributed by atoms with Crippen LogP contribution in [-0.2, 0) is 0 Å². The zero-order valence-corrected chi connectivity index (χ0v) is 12.4. The molecule has 1 aromatic carbocycles. The van der Waals surface area contributed by atoms with Crippen molar-refractivity contribution in [2.75, 3.05) is 0 Å². The molecule has 1 aliphatic carbocycles. The van der Waals surface area contributed by atoms with Crippen molar-refractivity contribution >= 4 is 0 Å². The van der Waals surface area contributed by atoms with E-state index in [1.165, 1.54) is 51.4 Å². The van der Waals surface area contributed by atoms with Gasteiger partial charge in [-0.05, 0) is 55.2 Å². The Balaban J connectivity index is 1.87. The van der Waals surface area contributed by atoms with Crippen LogP contribution < -0.4 is 0 Å². The van der Waals surface area contributed by atoms with Gasteiger partial charge in [0.1, 0.15) is 11.9 Å². The summed E-state index contributed by atoms with van der Waals surface area (Å²) in [6.07, 6.45) is 10.2. The summed E-state index contributed by atoms with van der Waals surface area (Å²) >= 11 is 0. The maximum atomic E-state index is 13.7. The molecule has 20 heavy (non-hydrogen) atoms. The Kier molecular flexibility index (Phi) is 5.59. The molecule has 0 aromatic heterocycles. The van der Waals surface area contributed by atoms with Crippen LogP contribution in [-0.4, -0.2) is 0 Å². The number of halogens is 1. The Morgan fingerprint density at radius 1 is 1.20 bits per heavy atom. The largest absolute Gasteiger partial charge is 0.206 e. The lowest BCUT2D eigenvalue weighted by molar-refractivity contribution is 0.302. The van der Waals surface area contributed by atoms with Gasteiger partial charge < -0.3 is 0 Å². The minimum atomic E-state index is -0.366. The Morgan fingerprint density at radius 3 is 2.55 bits per heavy atom. The zero-order chi connectivity index (χ0) is 14.4. The fraction of sp³-hybridized carbons (Fsp3) is 0.611. The van der Waals surface area contributed by atoms with Crippen LogP contribution in [0.2, 0.25) is 0 Å². The molecule has 108 valence electrons. The van der Waals surface area contributed by atoms with Crippen LogP contribution in [0, 0.1) is 23.1 Å². The molecular formula is C18H24FN. The van der Waals surface area contributed by atoms with E-state index >= 15 is 0 Å². The predicted octanol–water partition coefficient (Wildman–Crippen LogP) is 5.55. The van der Waals surface area contributed by atoms with Crippen molar-refractivity contribution < 1.29 is 4.39 Å². The highest BCUT2D eigenvalue weighted by atomic mass is 19.1. The first-order valence-electron chi connectivity index (χ1n) is 7.94. The number of benzene rings is 1. The van der Waals surface area contributed by atoms with Crippen molar-refractivity contribution in [1.29, 1.82) is 5.26 Å². The number of hydrogen-bond donors (Lipinski definition) is 0. The van der Waals surface area contributed by atoms with Gasteiger partial charge in [-0.2, -0.15) is 5.26 Å². The van der Waals surface area contributed by atoms with Crippen LogP contribution >= 0.6 is 0 Å². The van der Waals surface area contributed by atoms with Crippen LogP contribution in [0.3, 0.4) is 0 Å². The highest BCUT2D eigenvalue weighted by Crippen LogP contribution is 2.38. The van der Waals surface area contributed by atoms with E-state index in [0.29, 0.717) is 5.92 Å². The molecule has 1 aromatic rings.